The van der Waals surface area contributed by atoms with E-state index in [1.54, 1.807) is 14.2 Å². The summed E-state index contributed by atoms with van der Waals surface area (Å²) in [6, 6.07) is 0. The zero-order valence-electron chi connectivity index (χ0n) is 7.18. The highest BCUT2D eigenvalue weighted by atomic mass is 16.5. The zero-order chi connectivity index (χ0) is 8.91. The lowest BCUT2D eigenvalue weighted by atomic mass is 10.00. The average molecular weight is 161 g/mol. The van der Waals surface area contributed by atoms with Crippen molar-refractivity contribution in [2.45, 2.75) is 18.9 Å². The first kappa shape index (κ1) is 10.4. The lowest BCUT2D eigenvalue weighted by Crippen LogP contribution is -2.45. The van der Waals surface area contributed by atoms with Crippen LogP contribution in [0.2, 0.25) is 0 Å². The van der Waals surface area contributed by atoms with E-state index >= 15 is 0 Å². The Kier molecular flexibility index (Phi) is 4.07. The Morgan fingerprint density at radius 1 is 1.73 bits per heavy atom. The zero-order valence-corrected chi connectivity index (χ0v) is 7.18. The van der Waals surface area contributed by atoms with E-state index in [1.807, 2.05) is 6.92 Å². The largest absolute Gasteiger partial charge is 0.481 e. The van der Waals surface area contributed by atoms with Gasteiger partial charge in [-0.3, -0.25) is 4.79 Å². The minimum atomic E-state index is -0.820. The third-order valence-electron chi connectivity index (χ3n) is 1.61. The molecule has 1 atom stereocenters. The summed E-state index contributed by atoms with van der Waals surface area (Å²) in [4.78, 5) is 10.4. The number of rotatable bonds is 5. The van der Waals surface area contributed by atoms with Crippen LogP contribution in [-0.2, 0) is 9.53 Å². The molecule has 0 spiro atoms. The van der Waals surface area contributed by atoms with E-state index in [2.05, 4.69) is 5.32 Å². The summed E-state index contributed by atoms with van der Waals surface area (Å²) >= 11 is 0. The number of methoxy groups -OCH3 is 1. The molecule has 0 aromatic carbocycles. The molecule has 0 saturated carbocycles. The fourth-order valence-electron chi connectivity index (χ4n) is 0.864. The second kappa shape index (κ2) is 4.31. The third kappa shape index (κ3) is 3.95. The number of ether oxygens (including phenoxy) is 1. The number of hydrogen-bond donors (Lipinski definition) is 2. The van der Waals surface area contributed by atoms with E-state index in [0.717, 1.165) is 0 Å². The van der Waals surface area contributed by atoms with Gasteiger partial charge >= 0.3 is 5.97 Å². The van der Waals surface area contributed by atoms with Crippen LogP contribution in [0.15, 0.2) is 0 Å². The van der Waals surface area contributed by atoms with Crippen molar-refractivity contribution in [1.29, 1.82) is 0 Å². The predicted molar refractivity (Wildman–Crippen MR) is 41.6 cm³/mol. The summed E-state index contributed by atoms with van der Waals surface area (Å²) in [5.74, 6) is -0.820. The molecule has 0 saturated heterocycles. The first-order chi connectivity index (χ1) is 5.04. The van der Waals surface area contributed by atoms with Crippen LogP contribution >= 0.6 is 0 Å². The monoisotopic (exact) mass is 161 g/mol. The highest BCUT2D eigenvalue weighted by Gasteiger charge is 2.24. The minimum absolute atomic E-state index is 0.0668. The van der Waals surface area contributed by atoms with Crippen molar-refractivity contribution in [1.82, 2.24) is 5.32 Å². The normalized spacial score (nSPS) is 15.9. The van der Waals surface area contributed by atoms with Crippen molar-refractivity contribution >= 4 is 5.97 Å². The molecule has 4 nitrogen and oxygen atoms in total. The van der Waals surface area contributed by atoms with Crippen LogP contribution in [0.1, 0.15) is 13.3 Å². The Morgan fingerprint density at radius 3 is 2.55 bits per heavy atom. The smallest absolute Gasteiger partial charge is 0.305 e. The Balaban J connectivity index is 3.98. The van der Waals surface area contributed by atoms with Crippen molar-refractivity contribution in [3.63, 3.8) is 0 Å². The van der Waals surface area contributed by atoms with E-state index in [0.29, 0.717) is 6.61 Å². The van der Waals surface area contributed by atoms with Crippen LogP contribution in [0, 0.1) is 0 Å². The maximum absolute atomic E-state index is 10.4. The van der Waals surface area contributed by atoms with Gasteiger partial charge in [-0.2, -0.15) is 0 Å². The molecule has 0 aromatic rings. The maximum atomic E-state index is 10.4. The molecule has 0 radical (unpaired) electrons. The molecule has 0 aliphatic rings. The molecule has 0 fully saturated rings. The molecule has 11 heavy (non-hydrogen) atoms. The van der Waals surface area contributed by atoms with Crippen LogP contribution in [0.4, 0.5) is 0 Å². The Morgan fingerprint density at radius 2 is 2.27 bits per heavy atom. The fraction of sp³-hybridized carbons (Fsp3) is 0.857. The Hall–Kier alpha value is -0.610. The van der Waals surface area contributed by atoms with Gasteiger partial charge in [0.15, 0.2) is 0 Å². The van der Waals surface area contributed by atoms with Gasteiger partial charge < -0.3 is 15.2 Å². The van der Waals surface area contributed by atoms with Crippen molar-refractivity contribution in [2.24, 2.45) is 0 Å². The molecular formula is C7H15NO3. The number of carboxylic acids is 1. The standard InChI is InChI=1S/C7H15NO3/c1-7(8-2,5-11-3)4-6(9)10/h8H,4-5H2,1-3H3,(H,9,10). The maximum Gasteiger partial charge on any atom is 0.305 e. The van der Waals surface area contributed by atoms with E-state index in [1.165, 1.54) is 0 Å². The summed E-state index contributed by atoms with van der Waals surface area (Å²) < 4.78 is 4.87. The average Bonchev–Trinajstić information content (AvgIpc) is 1.87. The van der Waals surface area contributed by atoms with Gasteiger partial charge in [0.1, 0.15) is 0 Å². The molecule has 0 aromatic heterocycles. The van der Waals surface area contributed by atoms with Gasteiger partial charge in [-0.25, -0.2) is 0 Å². The van der Waals surface area contributed by atoms with Crippen LogP contribution in [0.5, 0.6) is 0 Å². The highest BCUT2D eigenvalue weighted by molar-refractivity contribution is 5.68. The summed E-state index contributed by atoms with van der Waals surface area (Å²) in [6.07, 6.45) is 0.0668. The van der Waals surface area contributed by atoms with Crippen LogP contribution in [0.25, 0.3) is 0 Å². The number of nitrogens with one attached hydrogen (secondary N) is 1. The lowest BCUT2D eigenvalue weighted by molar-refractivity contribution is -0.139. The molecule has 0 amide bonds. The molecule has 0 rings (SSSR count). The molecule has 0 bridgehead atoms. The number of carboxylic acid groups (broad SMARTS) is 1. The molecule has 0 aliphatic heterocycles. The molecular weight excluding hydrogens is 146 g/mol. The van der Waals surface area contributed by atoms with Crippen LogP contribution in [0.3, 0.4) is 0 Å². The SMILES string of the molecule is CNC(C)(COC)CC(=O)O. The van der Waals surface area contributed by atoms with Gasteiger partial charge in [-0.1, -0.05) is 0 Å². The summed E-state index contributed by atoms with van der Waals surface area (Å²) in [6.45, 7) is 2.21. The second-order valence-electron chi connectivity index (χ2n) is 2.81. The number of likely N-dealkylation sites (N-methyl/N-ethyl adjacent to an activating group) is 1. The predicted octanol–water partition coefficient (Wildman–Crippen LogP) is 0.0856. The van der Waals surface area contributed by atoms with Crippen LogP contribution in [-0.4, -0.2) is 37.4 Å². The van der Waals surface area contributed by atoms with E-state index in [-0.39, 0.29) is 6.42 Å². The van der Waals surface area contributed by atoms with Gasteiger partial charge in [-0.15, -0.1) is 0 Å². The summed E-state index contributed by atoms with van der Waals surface area (Å²) in [5.41, 5.74) is -0.458. The van der Waals surface area contributed by atoms with Crippen molar-refractivity contribution in [3.8, 4) is 0 Å². The van der Waals surface area contributed by atoms with Crippen molar-refractivity contribution in [3.05, 3.63) is 0 Å². The topological polar surface area (TPSA) is 58.6 Å². The second-order valence-corrected chi connectivity index (χ2v) is 2.81. The van der Waals surface area contributed by atoms with Crippen molar-refractivity contribution in [2.75, 3.05) is 20.8 Å². The molecule has 0 aliphatic carbocycles. The van der Waals surface area contributed by atoms with Gasteiger partial charge in [0.2, 0.25) is 0 Å². The van der Waals surface area contributed by atoms with E-state index in [4.69, 9.17) is 9.84 Å². The van der Waals surface area contributed by atoms with Crippen molar-refractivity contribution < 1.29 is 14.6 Å². The van der Waals surface area contributed by atoms with E-state index < -0.39 is 11.5 Å². The molecule has 4 heteroatoms. The van der Waals surface area contributed by atoms with Gasteiger partial charge in [0.25, 0.3) is 0 Å². The van der Waals surface area contributed by atoms with Gasteiger partial charge in [0.05, 0.1) is 13.0 Å². The lowest BCUT2D eigenvalue weighted by Gasteiger charge is -2.26. The third-order valence-corrected chi connectivity index (χ3v) is 1.61. The summed E-state index contributed by atoms with van der Waals surface area (Å²) in [7, 11) is 3.28. The molecule has 1 unspecified atom stereocenters. The first-order valence-corrected chi connectivity index (χ1v) is 3.44. The minimum Gasteiger partial charge on any atom is -0.481 e. The summed E-state index contributed by atoms with van der Waals surface area (Å²) in [5, 5.41) is 11.4. The molecule has 0 heterocycles. The number of aliphatic carboxylic acids is 1. The quantitative estimate of drug-likeness (QED) is 0.599. The Bertz CT molecular complexity index is 138. The van der Waals surface area contributed by atoms with Gasteiger partial charge in [-0.05, 0) is 14.0 Å². The fourth-order valence-corrected chi connectivity index (χ4v) is 0.864. The number of carbonyl (C=O) groups is 1. The van der Waals surface area contributed by atoms with Crippen LogP contribution < -0.4 is 5.32 Å². The Labute approximate surface area is 66.5 Å². The van der Waals surface area contributed by atoms with Gasteiger partial charge in [0, 0.05) is 12.6 Å². The molecule has 66 valence electrons. The molecule has 2 N–H and O–H groups in total. The number of hydrogen-bond acceptors (Lipinski definition) is 3. The highest BCUT2D eigenvalue weighted by Crippen LogP contribution is 2.08. The first-order valence-electron chi connectivity index (χ1n) is 3.44. The van der Waals surface area contributed by atoms with E-state index in [9.17, 15) is 4.79 Å².